The summed E-state index contributed by atoms with van der Waals surface area (Å²) in [6.45, 7) is 2.07. The van der Waals surface area contributed by atoms with E-state index in [1.807, 2.05) is 6.26 Å². The molecule has 2 unspecified atom stereocenters. The standard InChI is InChI=1S/C25H24F3N3O2S/c1-3-30-23(18-11-10-15(14-29)12-21(18)34-2)22-19(8-5-9-20(22)32)31(24(30)33)17-7-4-6-16(13-17)25(26,27)28/h4,6,10-13,17,23H,3,5,7-9H2,1-2H3. The number of hydrogen-bond donors (Lipinski definition) is 0. The van der Waals surface area contributed by atoms with Gasteiger partial charge in [0.1, 0.15) is 0 Å². The van der Waals surface area contributed by atoms with E-state index in [0.717, 1.165) is 22.6 Å². The molecule has 0 N–H and O–H groups in total. The third-order valence-corrected chi connectivity index (χ3v) is 7.25. The first-order valence-electron chi connectivity index (χ1n) is 11.1. The van der Waals surface area contributed by atoms with Crippen LogP contribution >= 0.6 is 11.8 Å². The number of alkyl halides is 3. The van der Waals surface area contributed by atoms with Gasteiger partial charge in [-0.15, -0.1) is 11.8 Å². The van der Waals surface area contributed by atoms with Crippen molar-refractivity contribution in [3.8, 4) is 6.07 Å². The Bertz CT molecular complexity index is 1160. The van der Waals surface area contributed by atoms with Crippen molar-refractivity contribution >= 4 is 23.6 Å². The van der Waals surface area contributed by atoms with Gasteiger partial charge in [-0.25, -0.2) is 4.79 Å². The Morgan fingerprint density at radius 3 is 2.65 bits per heavy atom. The lowest BCUT2D eigenvalue weighted by Crippen LogP contribution is -2.54. The zero-order valence-corrected chi connectivity index (χ0v) is 19.7. The second-order valence-electron chi connectivity index (χ2n) is 8.37. The van der Waals surface area contributed by atoms with Crippen molar-refractivity contribution in [3.05, 3.63) is 64.4 Å². The van der Waals surface area contributed by atoms with Crippen LogP contribution in [0.3, 0.4) is 0 Å². The Morgan fingerprint density at radius 2 is 2.00 bits per heavy atom. The highest BCUT2D eigenvalue weighted by Gasteiger charge is 2.46. The molecular weight excluding hydrogens is 463 g/mol. The van der Waals surface area contributed by atoms with Crippen molar-refractivity contribution in [1.29, 1.82) is 5.26 Å². The van der Waals surface area contributed by atoms with Gasteiger partial charge in [-0.1, -0.05) is 18.2 Å². The smallest absolute Gasteiger partial charge is 0.313 e. The van der Waals surface area contributed by atoms with E-state index in [1.54, 1.807) is 30.0 Å². The van der Waals surface area contributed by atoms with Gasteiger partial charge in [-0.05, 0) is 56.2 Å². The fourth-order valence-corrected chi connectivity index (χ4v) is 5.61. The number of likely N-dealkylation sites (N-methyl/N-ethyl adjacent to an activating group) is 1. The number of nitrogens with zero attached hydrogens (tertiary/aromatic N) is 3. The van der Waals surface area contributed by atoms with Gasteiger partial charge in [0.15, 0.2) is 5.78 Å². The molecule has 178 valence electrons. The van der Waals surface area contributed by atoms with Crippen molar-refractivity contribution in [2.75, 3.05) is 12.8 Å². The van der Waals surface area contributed by atoms with Gasteiger partial charge in [0.2, 0.25) is 0 Å². The van der Waals surface area contributed by atoms with E-state index in [0.29, 0.717) is 36.1 Å². The van der Waals surface area contributed by atoms with Crippen LogP contribution in [-0.4, -0.2) is 46.6 Å². The molecule has 34 heavy (non-hydrogen) atoms. The number of carbonyl (C=O) groups is 2. The minimum absolute atomic E-state index is 0.0926. The molecule has 3 aliphatic rings. The highest BCUT2D eigenvalue weighted by molar-refractivity contribution is 7.98. The maximum Gasteiger partial charge on any atom is 0.416 e. The molecule has 4 rings (SSSR count). The molecule has 5 nitrogen and oxygen atoms in total. The maximum atomic E-state index is 13.8. The van der Waals surface area contributed by atoms with E-state index in [9.17, 15) is 28.0 Å². The topological polar surface area (TPSA) is 64.4 Å². The van der Waals surface area contributed by atoms with Crippen LogP contribution in [0.4, 0.5) is 18.0 Å². The minimum atomic E-state index is -4.52. The number of carbonyl (C=O) groups excluding carboxylic acids is 2. The van der Waals surface area contributed by atoms with Crippen LogP contribution in [-0.2, 0) is 4.79 Å². The molecule has 1 aromatic carbocycles. The van der Waals surface area contributed by atoms with Crippen molar-refractivity contribution < 1.29 is 22.8 Å². The van der Waals surface area contributed by atoms with Gasteiger partial charge in [0.25, 0.3) is 0 Å². The summed E-state index contributed by atoms with van der Waals surface area (Å²) in [5.74, 6) is -0.0926. The predicted molar refractivity (Wildman–Crippen MR) is 123 cm³/mol. The summed E-state index contributed by atoms with van der Waals surface area (Å²) in [4.78, 5) is 30.8. The lowest BCUT2D eigenvalue weighted by atomic mass is 9.82. The van der Waals surface area contributed by atoms with Crippen molar-refractivity contribution in [3.63, 3.8) is 0 Å². The van der Waals surface area contributed by atoms with E-state index in [2.05, 4.69) is 6.07 Å². The zero-order valence-electron chi connectivity index (χ0n) is 18.9. The van der Waals surface area contributed by atoms with Crippen molar-refractivity contribution in [2.45, 2.75) is 55.8 Å². The monoisotopic (exact) mass is 487 g/mol. The Labute approximate surface area is 200 Å². The molecule has 0 fully saturated rings. The molecule has 0 bridgehead atoms. The quantitative estimate of drug-likeness (QED) is 0.496. The number of nitriles is 1. The number of hydrogen-bond acceptors (Lipinski definition) is 4. The van der Waals surface area contributed by atoms with Crippen molar-refractivity contribution in [1.82, 2.24) is 9.80 Å². The van der Waals surface area contributed by atoms with Crippen LogP contribution in [0.5, 0.6) is 0 Å². The molecule has 2 amide bonds. The summed E-state index contributed by atoms with van der Waals surface area (Å²) in [6.07, 6.45) is 2.46. The Kier molecular flexibility index (Phi) is 6.63. The summed E-state index contributed by atoms with van der Waals surface area (Å²) in [6, 6.07) is 5.42. The van der Waals surface area contributed by atoms with E-state index >= 15 is 0 Å². The highest BCUT2D eigenvalue weighted by Crippen LogP contribution is 2.46. The molecule has 1 aliphatic heterocycles. The Hall–Kier alpha value is -2.99. The lowest BCUT2D eigenvalue weighted by molar-refractivity contribution is -0.117. The normalized spacial score (nSPS) is 23.1. The second kappa shape index (κ2) is 9.34. The van der Waals surface area contributed by atoms with Gasteiger partial charge in [-0.3, -0.25) is 9.69 Å². The number of ketones is 1. The number of thioether (sulfide) groups is 1. The lowest BCUT2D eigenvalue weighted by Gasteiger charge is -2.47. The summed E-state index contributed by atoms with van der Waals surface area (Å²) >= 11 is 1.42. The van der Waals surface area contributed by atoms with Crippen molar-refractivity contribution in [2.24, 2.45) is 0 Å². The van der Waals surface area contributed by atoms with Crippen LogP contribution in [0, 0.1) is 11.3 Å². The maximum absolute atomic E-state index is 13.8. The first-order chi connectivity index (χ1) is 16.2. The largest absolute Gasteiger partial charge is 0.416 e. The SMILES string of the molecule is CCN1C(=O)N(C2C=C(C(F)(F)F)C=CC2)C2=C(C(=O)CCC2)C1c1ccc(C#N)cc1SC. The zero-order chi connectivity index (χ0) is 24.6. The van der Waals surface area contributed by atoms with E-state index in [1.165, 1.54) is 22.7 Å². The number of allylic oxidation sites excluding steroid dienone is 3. The minimum Gasteiger partial charge on any atom is -0.313 e. The predicted octanol–water partition coefficient (Wildman–Crippen LogP) is 5.90. The molecule has 0 spiro atoms. The van der Waals surface area contributed by atoms with E-state index in [4.69, 9.17) is 0 Å². The Morgan fingerprint density at radius 1 is 1.24 bits per heavy atom. The third-order valence-electron chi connectivity index (χ3n) is 6.46. The molecule has 0 radical (unpaired) electrons. The number of benzene rings is 1. The van der Waals surface area contributed by atoms with Gasteiger partial charge < -0.3 is 4.90 Å². The van der Waals surface area contributed by atoms with Gasteiger partial charge in [0.05, 0.1) is 29.3 Å². The number of urea groups is 1. The Balaban J connectivity index is 1.90. The average molecular weight is 488 g/mol. The molecule has 1 aromatic rings. The first-order valence-corrected chi connectivity index (χ1v) is 12.3. The summed E-state index contributed by atoms with van der Waals surface area (Å²) in [5.41, 5.74) is 1.43. The van der Waals surface area contributed by atoms with Gasteiger partial charge >= 0.3 is 12.2 Å². The summed E-state index contributed by atoms with van der Waals surface area (Å²) < 4.78 is 40.3. The molecule has 1 heterocycles. The highest BCUT2D eigenvalue weighted by atomic mass is 32.2. The third kappa shape index (κ3) is 4.16. The van der Waals surface area contributed by atoms with Crippen LogP contribution < -0.4 is 0 Å². The molecule has 0 saturated carbocycles. The van der Waals surface area contributed by atoms with E-state index < -0.39 is 29.9 Å². The van der Waals surface area contributed by atoms with Gasteiger partial charge in [0, 0.05) is 29.1 Å². The van der Waals surface area contributed by atoms with Gasteiger partial charge in [-0.2, -0.15) is 18.4 Å². The average Bonchev–Trinajstić information content (AvgIpc) is 2.82. The number of halogens is 3. The molecule has 9 heteroatoms. The van der Waals surface area contributed by atoms with Crippen LogP contribution in [0.25, 0.3) is 0 Å². The molecule has 0 aromatic heterocycles. The fraction of sp³-hybridized carbons (Fsp3) is 0.400. The summed E-state index contributed by atoms with van der Waals surface area (Å²) in [7, 11) is 0. The van der Waals surface area contributed by atoms with E-state index in [-0.39, 0.29) is 18.7 Å². The molecular formula is C25H24F3N3O2S. The number of amides is 2. The van der Waals surface area contributed by atoms with Crippen LogP contribution in [0.2, 0.25) is 0 Å². The summed E-state index contributed by atoms with van der Waals surface area (Å²) in [5, 5.41) is 9.30. The molecule has 2 aliphatic carbocycles. The fourth-order valence-electron chi connectivity index (χ4n) is 4.95. The van der Waals surface area contributed by atoms with Crippen LogP contribution in [0.15, 0.2) is 58.2 Å². The number of rotatable bonds is 4. The molecule has 2 atom stereocenters. The molecule has 0 saturated heterocycles. The first kappa shape index (κ1) is 24.1. The van der Waals surface area contributed by atoms with Crippen LogP contribution in [0.1, 0.15) is 49.8 Å². The second-order valence-corrected chi connectivity index (χ2v) is 9.22. The number of Topliss-reactive ketones (excluding diaryl/α,β-unsaturated/α-hetero) is 1.